The van der Waals surface area contributed by atoms with Gasteiger partial charge < -0.3 is 5.11 Å². The molecule has 5 atom stereocenters. The smallest absolute Gasteiger partial charge is 0.181 e. The van der Waals surface area contributed by atoms with Crippen molar-refractivity contribution >= 4 is 9.84 Å². The molecular weight excluding hydrogens is 368 g/mol. The van der Waals surface area contributed by atoms with E-state index in [4.69, 9.17) is 0 Å². The van der Waals surface area contributed by atoms with E-state index in [1.807, 2.05) is 32.0 Å². The molecule has 3 nitrogen and oxygen atoms in total. The van der Waals surface area contributed by atoms with Gasteiger partial charge in [0.15, 0.2) is 9.84 Å². The fraction of sp³-hybridized carbons (Fsp3) is 0.750. The standard InChI is InChI=1S/C24H38O3S/c1-18(10-8-16-23(2,3)25)20-14-15-21-22(13-9-17-24(20,21)4)28(26,27)19-11-6-5-7-12-19/h5-7,11-12,18,20-22,25H,8-10,13-17H2,1-4H3/t18-,20-,21+,22?,24-/m1/s1. The van der Waals surface area contributed by atoms with Gasteiger partial charge >= 0.3 is 0 Å². The SMILES string of the molecule is C[C@H](CCCC(C)(C)O)[C@H]1CC[C@H]2C(S(=O)(=O)c3ccccc3)CCC[C@]12C. The third kappa shape index (κ3) is 4.33. The van der Waals surface area contributed by atoms with Crippen molar-refractivity contribution in [2.24, 2.45) is 23.2 Å². The fourth-order valence-electron chi connectivity index (χ4n) is 6.31. The quantitative estimate of drug-likeness (QED) is 0.639. The molecule has 2 aliphatic rings. The van der Waals surface area contributed by atoms with Crippen molar-refractivity contribution in [2.45, 2.75) is 94.8 Å². The lowest BCUT2D eigenvalue weighted by Gasteiger charge is -2.46. The molecule has 1 N–H and O–H groups in total. The van der Waals surface area contributed by atoms with Crippen LogP contribution in [0.3, 0.4) is 0 Å². The van der Waals surface area contributed by atoms with Crippen LogP contribution in [0.4, 0.5) is 0 Å². The Balaban J connectivity index is 1.76. The summed E-state index contributed by atoms with van der Waals surface area (Å²) in [6.07, 6.45) is 8.13. The van der Waals surface area contributed by atoms with E-state index >= 15 is 0 Å². The summed E-state index contributed by atoms with van der Waals surface area (Å²) in [6, 6.07) is 9.05. The summed E-state index contributed by atoms with van der Waals surface area (Å²) in [5, 5.41) is 9.77. The Morgan fingerprint density at radius 1 is 1.18 bits per heavy atom. The van der Waals surface area contributed by atoms with E-state index < -0.39 is 15.4 Å². The first-order valence-corrected chi connectivity index (χ1v) is 12.6. The first-order chi connectivity index (χ1) is 13.1. The Morgan fingerprint density at radius 3 is 2.50 bits per heavy atom. The van der Waals surface area contributed by atoms with Crippen LogP contribution in [0, 0.1) is 23.2 Å². The number of fused-ring (bicyclic) bond motifs is 1. The highest BCUT2D eigenvalue weighted by Crippen LogP contribution is 2.59. The van der Waals surface area contributed by atoms with Crippen LogP contribution in [0.1, 0.15) is 79.1 Å². The summed E-state index contributed by atoms with van der Waals surface area (Å²) in [7, 11) is -3.27. The first-order valence-electron chi connectivity index (χ1n) is 11.1. The zero-order valence-electron chi connectivity index (χ0n) is 18.0. The third-order valence-electron chi connectivity index (χ3n) is 7.74. The van der Waals surface area contributed by atoms with Gasteiger partial charge in [0, 0.05) is 0 Å². The van der Waals surface area contributed by atoms with Gasteiger partial charge in [0.1, 0.15) is 0 Å². The molecule has 0 heterocycles. The lowest BCUT2D eigenvalue weighted by atomic mass is 9.62. The van der Waals surface area contributed by atoms with Crippen LogP contribution in [0.2, 0.25) is 0 Å². The largest absolute Gasteiger partial charge is 0.390 e. The van der Waals surface area contributed by atoms with Crippen LogP contribution in [0.15, 0.2) is 35.2 Å². The summed E-state index contributed by atoms with van der Waals surface area (Å²) < 4.78 is 26.8. The van der Waals surface area contributed by atoms with E-state index in [0.29, 0.717) is 16.7 Å². The molecule has 2 saturated carbocycles. The summed E-state index contributed by atoms with van der Waals surface area (Å²) >= 11 is 0. The highest BCUT2D eigenvalue weighted by Gasteiger charge is 2.55. The maximum Gasteiger partial charge on any atom is 0.181 e. The van der Waals surface area contributed by atoms with Crippen LogP contribution in [-0.4, -0.2) is 24.4 Å². The van der Waals surface area contributed by atoms with Crippen LogP contribution in [0.25, 0.3) is 0 Å². The Morgan fingerprint density at radius 2 is 1.86 bits per heavy atom. The van der Waals surface area contributed by atoms with Crippen LogP contribution >= 0.6 is 0 Å². The minimum atomic E-state index is -3.27. The molecule has 0 radical (unpaired) electrons. The van der Waals surface area contributed by atoms with E-state index in [1.54, 1.807) is 12.1 Å². The molecule has 0 amide bonds. The molecule has 0 aromatic heterocycles. The second kappa shape index (κ2) is 8.10. The van der Waals surface area contributed by atoms with Crippen LogP contribution < -0.4 is 0 Å². The Kier molecular flexibility index (Phi) is 6.32. The van der Waals surface area contributed by atoms with Gasteiger partial charge in [-0.25, -0.2) is 8.42 Å². The molecule has 1 unspecified atom stereocenters. The van der Waals surface area contributed by atoms with Gasteiger partial charge in [0.25, 0.3) is 0 Å². The predicted molar refractivity (Wildman–Crippen MR) is 115 cm³/mol. The van der Waals surface area contributed by atoms with Crippen molar-refractivity contribution < 1.29 is 13.5 Å². The molecule has 0 aliphatic heterocycles. The van der Waals surface area contributed by atoms with E-state index in [1.165, 1.54) is 0 Å². The topological polar surface area (TPSA) is 54.4 Å². The minimum Gasteiger partial charge on any atom is -0.390 e. The van der Waals surface area contributed by atoms with Gasteiger partial charge in [0.2, 0.25) is 0 Å². The lowest BCUT2D eigenvalue weighted by Crippen LogP contribution is -2.44. The molecular formula is C24H38O3S. The second-order valence-corrected chi connectivity index (χ2v) is 12.4. The summed E-state index contributed by atoms with van der Waals surface area (Å²) in [6.45, 7) is 8.47. The second-order valence-electron chi connectivity index (χ2n) is 10.3. The predicted octanol–water partition coefficient (Wildman–Crippen LogP) is 5.62. The Hall–Kier alpha value is -0.870. The summed E-state index contributed by atoms with van der Waals surface area (Å²) in [5.41, 5.74) is -0.472. The van der Waals surface area contributed by atoms with Gasteiger partial charge in [-0.05, 0) is 81.3 Å². The lowest BCUT2D eigenvalue weighted by molar-refractivity contribution is 0.0531. The zero-order chi connectivity index (χ0) is 20.6. The van der Waals surface area contributed by atoms with Crippen molar-refractivity contribution in [1.29, 1.82) is 0 Å². The number of rotatable bonds is 7. The molecule has 4 heteroatoms. The van der Waals surface area contributed by atoms with Gasteiger partial charge in [-0.15, -0.1) is 0 Å². The van der Waals surface area contributed by atoms with Gasteiger partial charge in [-0.1, -0.05) is 51.3 Å². The minimum absolute atomic E-state index is 0.124. The maximum atomic E-state index is 13.4. The average Bonchev–Trinajstić information content (AvgIpc) is 2.98. The number of benzene rings is 1. The number of aliphatic hydroxyl groups is 1. The number of sulfone groups is 1. The van der Waals surface area contributed by atoms with E-state index in [0.717, 1.165) is 51.4 Å². The molecule has 28 heavy (non-hydrogen) atoms. The van der Waals surface area contributed by atoms with Crippen molar-refractivity contribution in [1.82, 2.24) is 0 Å². The van der Waals surface area contributed by atoms with Crippen molar-refractivity contribution in [3.63, 3.8) is 0 Å². The Bertz CT molecular complexity index is 750. The molecule has 158 valence electrons. The first kappa shape index (κ1) is 21.8. The van der Waals surface area contributed by atoms with Gasteiger partial charge in [0.05, 0.1) is 15.7 Å². The zero-order valence-corrected chi connectivity index (χ0v) is 18.8. The third-order valence-corrected chi connectivity index (χ3v) is 10.0. The molecule has 2 aliphatic carbocycles. The van der Waals surface area contributed by atoms with E-state index in [9.17, 15) is 13.5 Å². The van der Waals surface area contributed by atoms with Gasteiger partial charge in [-0.2, -0.15) is 0 Å². The normalized spacial score (nSPS) is 32.1. The molecule has 1 aromatic carbocycles. The van der Waals surface area contributed by atoms with Crippen molar-refractivity contribution in [3.8, 4) is 0 Å². The molecule has 2 fully saturated rings. The van der Waals surface area contributed by atoms with E-state index in [2.05, 4.69) is 13.8 Å². The van der Waals surface area contributed by atoms with Crippen molar-refractivity contribution in [2.75, 3.05) is 0 Å². The van der Waals surface area contributed by atoms with Crippen molar-refractivity contribution in [3.05, 3.63) is 30.3 Å². The highest BCUT2D eigenvalue weighted by atomic mass is 32.2. The summed E-state index contributed by atoms with van der Waals surface area (Å²) in [5.74, 6) is 1.44. The monoisotopic (exact) mass is 406 g/mol. The van der Waals surface area contributed by atoms with Crippen LogP contribution in [-0.2, 0) is 9.84 Å². The van der Waals surface area contributed by atoms with Gasteiger partial charge in [-0.3, -0.25) is 0 Å². The number of hydrogen-bond acceptors (Lipinski definition) is 3. The fourth-order valence-corrected chi connectivity index (χ4v) is 8.55. The molecule has 1 aromatic rings. The maximum absolute atomic E-state index is 13.4. The van der Waals surface area contributed by atoms with Crippen LogP contribution in [0.5, 0.6) is 0 Å². The van der Waals surface area contributed by atoms with E-state index in [-0.39, 0.29) is 16.6 Å². The summed E-state index contributed by atoms with van der Waals surface area (Å²) in [4.78, 5) is 0.492. The average molecular weight is 407 g/mol. The highest BCUT2D eigenvalue weighted by molar-refractivity contribution is 7.92. The molecule has 0 bridgehead atoms. The number of hydrogen-bond donors (Lipinski definition) is 1. The molecule has 0 spiro atoms. The molecule has 3 rings (SSSR count). The Labute approximate surface area is 171 Å². The molecule has 0 saturated heterocycles.